The van der Waals surface area contributed by atoms with Crippen LogP contribution in [0.3, 0.4) is 0 Å². The molecule has 1 fully saturated rings. The van der Waals surface area contributed by atoms with Crippen molar-refractivity contribution in [3.8, 4) is 11.4 Å². The highest BCUT2D eigenvalue weighted by atomic mass is 16.5. The molecule has 3 rings (SSSR count). The molecule has 5 heteroatoms. The number of aryl methyl sites for hydroxylation is 1. The monoisotopic (exact) mass is 230 g/mol. The Labute approximate surface area is 99.1 Å². The summed E-state index contributed by atoms with van der Waals surface area (Å²) in [6, 6.07) is 1.92. The van der Waals surface area contributed by atoms with E-state index in [0.29, 0.717) is 11.7 Å². The van der Waals surface area contributed by atoms with Gasteiger partial charge >= 0.3 is 0 Å². The zero-order valence-electron chi connectivity index (χ0n) is 9.68. The SMILES string of the molecule is Cc1ccncc1-c1noc(C2(N)CCC2)n1. The average Bonchev–Trinajstić information content (AvgIpc) is 2.76. The average molecular weight is 230 g/mol. The minimum absolute atomic E-state index is 0.401. The third-order valence-corrected chi connectivity index (χ3v) is 3.38. The van der Waals surface area contributed by atoms with Gasteiger partial charge in [-0.05, 0) is 37.8 Å². The second kappa shape index (κ2) is 3.63. The number of nitrogens with zero attached hydrogens (tertiary/aromatic N) is 3. The van der Waals surface area contributed by atoms with Crippen LogP contribution in [0.5, 0.6) is 0 Å². The Bertz CT molecular complexity index is 545. The fraction of sp³-hybridized carbons (Fsp3) is 0.417. The van der Waals surface area contributed by atoms with Crippen molar-refractivity contribution in [3.63, 3.8) is 0 Å². The van der Waals surface area contributed by atoms with Crippen LogP contribution in [0.15, 0.2) is 23.0 Å². The van der Waals surface area contributed by atoms with Gasteiger partial charge in [0.2, 0.25) is 11.7 Å². The van der Waals surface area contributed by atoms with Crippen molar-refractivity contribution >= 4 is 0 Å². The first-order valence-electron chi connectivity index (χ1n) is 5.73. The fourth-order valence-electron chi connectivity index (χ4n) is 2.00. The number of hydrogen-bond donors (Lipinski definition) is 1. The van der Waals surface area contributed by atoms with Crippen molar-refractivity contribution in [1.29, 1.82) is 0 Å². The van der Waals surface area contributed by atoms with Crippen LogP contribution < -0.4 is 5.73 Å². The van der Waals surface area contributed by atoms with Crippen molar-refractivity contribution in [2.45, 2.75) is 31.7 Å². The van der Waals surface area contributed by atoms with Gasteiger partial charge in [0, 0.05) is 18.0 Å². The Morgan fingerprint density at radius 2 is 2.24 bits per heavy atom. The van der Waals surface area contributed by atoms with Crippen molar-refractivity contribution in [1.82, 2.24) is 15.1 Å². The van der Waals surface area contributed by atoms with Crippen LogP contribution in [0.4, 0.5) is 0 Å². The molecule has 0 amide bonds. The number of nitrogens with two attached hydrogens (primary N) is 1. The number of aromatic nitrogens is 3. The first-order chi connectivity index (χ1) is 8.19. The summed E-state index contributed by atoms with van der Waals surface area (Å²) in [6.45, 7) is 1.99. The summed E-state index contributed by atoms with van der Waals surface area (Å²) in [7, 11) is 0. The summed E-state index contributed by atoms with van der Waals surface area (Å²) in [5.41, 5.74) is 7.71. The highest BCUT2D eigenvalue weighted by Crippen LogP contribution is 2.38. The van der Waals surface area contributed by atoms with Crippen LogP contribution in [-0.4, -0.2) is 15.1 Å². The van der Waals surface area contributed by atoms with Gasteiger partial charge in [0.15, 0.2) is 0 Å². The molecule has 0 unspecified atom stereocenters. The van der Waals surface area contributed by atoms with E-state index in [-0.39, 0.29) is 0 Å². The smallest absolute Gasteiger partial charge is 0.247 e. The molecule has 1 aliphatic carbocycles. The molecule has 0 atom stereocenters. The van der Waals surface area contributed by atoms with Gasteiger partial charge in [-0.1, -0.05) is 5.16 Å². The Morgan fingerprint density at radius 3 is 2.88 bits per heavy atom. The molecular weight excluding hydrogens is 216 g/mol. The van der Waals surface area contributed by atoms with E-state index in [1.54, 1.807) is 12.4 Å². The minimum atomic E-state index is -0.401. The maximum atomic E-state index is 6.14. The molecule has 5 nitrogen and oxygen atoms in total. The molecule has 0 radical (unpaired) electrons. The number of hydrogen-bond acceptors (Lipinski definition) is 5. The Balaban J connectivity index is 1.98. The lowest BCUT2D eigenvalue weighted by molar-refractivity contribution is 0.181. The largest absolute Gasteiger partial charge is 0.337 e. The first kappa shape index (κ1) is 10.4. The normalized spacial score (nSPS) is 17.8. The van der Waals surface area contributed by atoms with Crippen LogP contribution >= 0.6 is 0 Å². The van der Waals surface area contributed by atoms with E-state index in [4.69, 9.17) is 10.3 Å². The molecule has 0 bridgehead atoms. The highest BCUT2D eigenvalue weighted by Gasteiger charge is 2.40. The molecule has 0 aromatic carbocycles. The Morgan fingerprint density at radius 1 is 1.41 bits per heavy atom. The van der Waals surface area contributed by atoms with Crippen molar-refractivity contribution in [2.75, 3.05) is 0 Å². The molecule has 2 heterocycles. The van der Waals surface area contributed by atoms with E-state index in [2.05, 4.69) is 15.1 Å². The summed E-state index contributed by atoms with van der Waals surface area (Å²) in [5.74, 6) is 1.12. The summed E-state index contributed by atoms with van der Waals surface area (Å²) in [6.07, 6.45) is 6.45. The first-order valence-corrected chi connectivity index (χ1v) is 5.73. The zero-order chi connectivity index (χ0) is 11.9. The van der Waals surface area contributed by atoms with Gasteiger partial charge in [-0.2, -0.15) is 4.98 Å². The van der Waals surface area contributed by atoms with Crippen LogP contribution in [0, 0.1) is 6.92 Å². The lowest BCUT2D eigenvalue weighted by Crippen LogP contribution is -2.43. The lowest BCUT2D eigenvalue weighted by atomic mass is 9.78. The van der Waals surface area contributed by atoms with Gasteiger partial charge in [-0.3, -0.25) is 4.98 Å². The summed E-state index contributed by atoms with van der Waals surface area (Å²) < 4.78 is 5.27. The quantitative estimate of drug-likeness (QED) is 0.850. The third-order valence-electron chi connectivity index (χ3n) is 3.38. The topological polar surface area (TPSA) is 77.8 Å². The molecule has 0 aliphatic heterocycles. The fourth-order valence-corrected chi connectivity index (χ4v) is 2.00. The van der Waals surface area contributed by atoms with E-state index in [1.807, 2.05) is 13.0 Å². The van der Waals surface area contributed by atoms with Gasteiger partial charge in [0.25, 0.3) is 0 Å². The molecule has 1 aliphatic rings. The van der Waals surface area contributed by atoms with Crippen LogP contribution in [0.2, 0.25) is 0 Å². The standard InChI is InChI=1S/C12H14N4O/c1-8-3-6-14-7-9(8)10-15-11(17-16-10)12(13)4-2-5-12/h3,6-7H,2,4-5,13H2,1H3. The molecule has 1 saturated carbocycles. The predicted molar refractivity (Wildman–Crippen MR) is 62.0 cm³/mol. The summed E-state index contributed by atoms with van der Waals surface area (Å²) >= 11 is 0. The second-order valence-electron chi connectivity index (χ2n) is 4.62. The molecule has 0 spiro atoms. The van der Waals surface area contributed by atoms with Crippen molar-refractivity contribution < 1.29 is 4.52 Å². The van der Waals surface area contributed by atoms with Crippen molar-refractivity contribution in [2.24, 2.45) is 5.73 Å². The molecular formula is C12H14N4O. The van der Waals surface area contributed by atoms with Gasteiger partial charge in [0.05, 0.1) is 5.54 Å². The van der Waals surface area contributed by atoms with Gasteiger partial charge in [-0.15, -0.1) is 0 Å². The van der Waals surface area contributed by atoms with Crippen LogP contribution in [-0.2, 0) is 5.54 Å². The molecule has 17 heavy (non-hydrogen) atoms. The molecule has 88 valence electrons. The molecule has 0 saturated heterocycles. The lowest BCUT2D eigenvalue weighted by Gasteiger charge is -2.33. The second-order valence-corrected chi connectivity index (χ2v) is 4.62. The summed E-state index contributed by atoms with van der Waals surface area (Å²) in [4.78, 5) is 8.47. The van der Waals surface area contributed by atoms with Gasteiger partial charge in [-0.25, -0.2) is 0 Å². The van der Waals surface area contributed by atoms with E-state index in [1.165, 1.54) is 0 Å². The van der Waals surface area contributed by atoms with E-state index < -0.39 is 5.54 Å². The number of pyridine rings is 1. The predicted octanol–water partition coefficient (Wildman–Crippen LogP) is 1.78. The summed E-state index contributed by atoms with van der Waals surface area (Å²) in [5, 5.41) is 3.99. The Hall–Kier alpha value is -1.75. The molecule has 2 aromatic rings. The van der Waals surface area contributed by atoms with Gasteiger partial charge in [0.1, 0.15) is 0 Å². The minimum Gasteiger partial charge on any atom is -0.337 e. The highest BCUT2D eigenvalue weighted by molar-refractivity contribution is 5.57. The van der Waals surface area contributed by atoms with Gasteiger partial charge < -0.3 is 10.3 Å². The third kappa shape index (κ3) is 1.63. The zero-order valence-corrected chi connectivity index (χ0v) is 9.68. The Kier molecular flexibility index (Phi) is 2.22. The van der Waals surface area contributed by atoms with E-state index in [9.17, 15) is 0 Å². The molecule has 2 aromatic heterocycles. The molecule has 2 N–H and O–H groups in total. The van der Waals surface area contributed by atoms with Crippen LogP contribution in [0.25, 0.3) is 11.4 Å². The van der Waals surface area contributed by atoms with Crippen molar-refractivity contribution in [3.05, 3.63) is 29.9 Å². The number of rotatable bonds is 2. The maximum absolute atomic E-state index is 6.14. The van der Waals surface area contributed by atoms with E-state index in [0.717, 1.165) is 30.4 Å². The van der Waals surface area contributed by atoms with E-state index >= 15 is 0 Å². The van der Waals surface area contributed by atoms with Crippen LogP contribution in [0.1, 0.15) is 30.7 Å². The maximum Gasteiger partial charge on any atom is 0.247 e.